The average Bonchev–Trinajstić information content (AvgIpc) is 2.70. The monoisotopic (exact) mass is 436 g/mol. The average molecular weight is 437 g/mol. The Kier molecular flexibility index (Phi) is 6.58. The van der Waals surface area contributed by atoms with Crippen molar-refractivity contribution in [3.8, 4) is 0 Å². The number of aryl methyl sites for hydroxylation is 1. The first kappa shape index (κ1) is 22.4. The molecule has 3 nitrogen and oxygen atoms in total. The van der Waals surface area contributed by atoms with Gasteiger partial charge in [-0.1, -0.05) is 18.2 Å². The third kappa shape index (κ3) is 4.55. The molecule has 1 heterocycles. The Balaban J connectivity index is 0.00000256. The fourth-order valence-electron chi connectivity index (χ4n) is 4.03. The smallest absolute Gasteiger partial charge is 0.369 e. The summed E-state index contributed by atoms with van der Waals surface area (Å²) >= 11 is 0. The number of piperazine rings is 1. The fourth-order valence-corrected chi connectivity index (χ4v) is 4.03. The highest BCUT2D eigenvalue weighted by Gasteiger charge is 2.33. The number of hydrogen-bond acceptors (Lipinski definition) is 3. The van der Waals surface area contributed by atoms with Crippen LogP contribution in [0.1, 0.15) is 33.5 Å². The zero-order valence-electron chi connectivity index (χ0n) is 16.7. The molecule has 1 aliphatic carbocycles. The maximum atomic E-state index is 13.3. The summed E-state index contributed by atoms with van der Waals surface area (Å²) in [5.41, 5.74) is 2.45. The van der Waals surface area contributed by atoms with Gasteiger partial charge < -0.3 is 9.80 Å². The van der Waals surface area contributed by atoms with E-state index in [0.717, 1.165) is 43.5 Å². The lowest BCUT2D eigenvalue weighted by Gasteiger charge is -2.34. The summed E-state index contributed by atoms with van der Waals surface area (Å²) in [5, 5.41) is 0. The molecule has 4 rings (SSSR count). The molecule has 0 N–H and O–H groups in total. The summed E-state index contributed by atoms with van der Waals surface area (Å²) < 4.78 is 39.8. The van der Waals surface area contributed by atoms with Crippen molar-refractivity contribution in [1.82, 2.24) is 4.90 Å². The van der Waals surface area contributed by atoms with Crippen LogP contribution in [0.2, 0.25) is 0 Å². The number of Topliss-reactive ketones (excluding diaryl/α,β-unsaturated/α-hetero) is 1. The van der Waals surface area contributed by atoms with Gasteiger partial charge in [0.15, 0.2) is 5.78 Å². The molecular weight excluding hydrogens is 413 g/mol. The number of likely N-dealkylation sites (N-methyl/N-ethyl adjacent to an activating group) is 1. The van der Waals surface area contributed by atoms with Gasteiger partial charge in [0.25, 0.3) is 0 Å². The number of carbonyl (C=O) groups is 1. The van der Waals surface area contributed by atoms with E-state index in [1.165, 1.54) is 18.2 Å². The lowest BCUT2D eigenvalue weighted by Crippen LogP contribution is -2.44. The van der Waals surface area contributed by atoms with Crippen LogP contribution in [0, 0.1) is 0 Å². The van der Waals surface area contributed by atoms with Crippen LogP contribution in [0.25, 0.3) is 6.08 Å². The number of hydrogen-bond donors (Lipinski definition) is 0. The number of allylic oxidation sites excluding steroid dienone is 1. The number of fused-ring (bicyclic) bond motifs is 1. The predicted octanol–water partition coefficient (Wildman–Crippen LogP) is 5.09. The topological polar surface area (TPSA) is 23.6 Å². The van der Waals surface area contributed by atoms with Crippen molar-refractivity contribution < 1.29 is 18.0 Å². The van der Waals surface area contributed by atoms with Gasteiger partial charge in [0.05, 0.1) is 5.56 Å². The second-order valence-corrected chi connectivity index (χ2v) is 7.72. The first-order valence-electron chi connectivity index (χ1n) is 9.81. The Morgan fingerprint density at radius 1 is 0.967 bits per heavy atom. The van der Waals surface area contributed by atoms with Crippen molar-refractivity contribution in [2.24, 2.45) is 0 Å². The number of ketones is 1. The SMILES string of the molecule is CN1CCN(c2ccc3c(c2)CC/C(=C\c2ccccc2C(F)(F)F)C3=O)CC1.Cl. The van der Waals surface area contributed by atoms with Crippen molar-refractivity contribution >= 4 is 30.0 Å². The maximum absolute atomic E-state index is 13.3. The predicted molar refractivity (Wildman–Crippen MR) is 115 cm³/mol. The van der Waals surface area contributed by atoms with Gasteiger partial charge in [-0.2, -0.15) is 13.2 Å². The highest BCUT2D eigenvalue weighted by molar-refractivity contribution is 6.13. The van der Waals surface area contributed by atoms with Gasteiger partial charge in [-0.25, -0.2) is 0 Å². The van der Waals surface area contributed by atoms with Gasteiger partial charge >= 0.3 is 6.18 Å². The zero-order chi connectivity index (χ0) is 20.6. The third-order valence-electron chi connectivity index (χ3n) is 5.75. The molecule has 0 saturated carbocycles. The van der Waals surface area contributed by atoms with Crippen LogP contribution in [0.15, 0.2) is 48.0 Å². The van der Waals surface area contributed by atoms with Crippen molar-refractivity contribution in [3.05, 3.63) is 70.3 Å². The van der Waals surface area contributed by atoms with Gasteiger partial charge in [0.2, 0.25) is 0 Å². The summed E-state index contributed by atoms with van der Waals surface area (Å²) in [4.78, 5) is 17.5. The van der Waals surface area contributed by atoms with E-state index in [4.69, 9.17) is 0 Å². The summed E-state index contributed by atoms with van der Waals surface area (Å²) in [6.07, 6.45) is -1.93. The molecule has 2 aliphatic rings. The molecule has 160 valence electrons. The number of anilines is 1. The molecule has 0 amide bonds. The van der Waals surface area contributed by atoms with E-state index in [2.05, 4.69) is 22.9 Å². The minimum Gasteiger partial charge on any atom is -0.369 e. The number of rotatable bonds is 2. The number of halogens is 4. The van der Waals surface area contributed by atoms with Crippen molar-refractivity contribution in [3.63, 3.8) is 0 Å². The Bertz CT molecular complexity index is 963. The first-order chi connectivity index (χ1) is 13.8. The molecular formula is C23H24ClF3N2O. The van der Waals surface area contributed by atoms with Gasteiger partial charge in [0, 0.05) is 43.0 Å². The molecule has 1 aliphatic heterocycles. The lowest BCUT2D eigenvalue weighted by molar-refractivity contribution is -0.137. The van der Waals surface area contributed by atoms with Crippen molar-refractivity contribution in [2.45, 2.75) is 19.0 Å². The number of benzene rings is 2. The van der Waals surface area contributed by atoms with Crippen molar-refractivity contribution in [2.75, 3.05) is 38.1 Å². The van der Waals surface area contributed by atoms with E-state index in [-0.39, 0.29) is 23.8 Å². The van der Waals surface area contributed by atoms with Crippen LogP contribution in [0.3, 0.4) is 0 Å². The zero-order valence-corrected chi connectivity index (χ0v) is 17.5. The Labute approximate surface area is 180 Å². The molecule has 2 aromatic rings. The van der Waals surface area contributed by atoms with E-state index in [9.17, 15) is 18.0 Å². The van der Waals surface area contributed by atoms with E-state index >= 15 is 0 Å². The number of nitrogens with zero attached hydrogens (tertiary/aromatic N) is 2. The highest BCUT2D eigenvalue weighted by Crippen LogP contribution is 2.35. The molecule has 0 atom stereocenters. The van der Waals surface area contributed by atoms with Crippen LogP contribution in [0.5, 0.6) is 0 Å². The van der Waals surface area contributed by atoms with Crippen LogP contribution >= 0.6 is 12.4 Å². The van der Waals surface area contributed by atoms with Gasteiger partial charge in [-0.3, -0.25) is 4.79 Å². The molecule has 1 saturated heterocycles. The van der Waals surface area contributed by atoms with Crippen LogP contribution in [-0.4, -0.2) is 43.9 Å². The molecule has 0 spiro atoms. The minimum absolute atomic E-state index is 0. The van der Waals surface area contributed by atoms with Crippen LogP contribution in [0.4, 0.5) is 18.9 Å². The molecule has 0 unspecified atom stereocenters. The van der Waals surface area contributed by atoms with E-state index in [0.29, 0.717) is 24.0 Å². The molecule has 2 aromatic carbocycles. The van der Waals surface area contributed by atoms with Crippen LogP contribution in [-0.2, 0) is 12.6 Å². The van der Waals surface area contributed by atoms with Crippen molar-refractivity contribution in [1.29, 1.82) is 0 Å². The van der Waals surface area contributed by atoms with E-state index < -0.39 is 11.7 Å². The highest BCUT2D eigenvalue weighted by atomic mass is 35.5. The molecule has 7 heteroatoms. The molecule has 30 heavy (non-hydrogen) atoms. The van der Waals surface area contributed by atoms with Gasteiger partial charge in [0.1, 0.15) is 0 Å². The Morgan fingerprint density at radius 2 is 1.67 bits per heavy atom. The standard InChI is InChI=1S/C23H23F3N2O.ClH/c1-27-10-12-28(13-11-27)19-8-9-20-16(15-19)6-7-18(22(20)29)14-17-4-2-3-5-21(17)23(24,25)26;/h2-5,8-9,14-15H,6-7,10-13H2,1H3;1H/b18-14+;. The number of carbonyl (C=O) groups excluding carboxylic acids is 1. The Morgan fingerprint density at radius 3 is 2.37 bits per heavy atom. The lowest BCUT2D eigenvalue weighted by atomic mass is 9.85. The van der Waals surface area contributed by atoms with E-state index in [1.807, 2.05) is 12.1 Å². The second kappa shape index (κ2) is 8.82. The summed E-state index contributed by atoms with van der Waals surface area (Å²) in [6, 6.07) is 11.2. The summed E-state index contributed by atoms with van der Waals surface area (Å²) in [5.74, 6) is -0.173. The molecule has 1 fully saturated rings. The van der Waals surface area contributed by atoms with E-state index in [1.54, 1.807) is 6.07 Å². The first-order valence-corrected chi connectivity index (χ1v) is 9.81. The summed E-state index contributed by atoms with van der Waals surface area (Å²) in [6.45, 7) is 3.90. The largest absolute Gasteiger partial charge is 0.416 e. The molecule has 0 aromatic heterocycles. The second-order valence-electron chi connectivity index (χ2n) is 7.72. The maximum Gasteiger partial charge on any atom is 0.416 e. The number of alkyl halides is 3. The molecule has 0 radical (unpaired) electrons. The normalized spacial score (nSPS) is 18.9. The summed E-state index contributed by atoms with van der Waals surface area (Å²) in [7, 11) is 2.10. The van der Waals surface area contributed by atoms with Gasteiger partial charge in [-0.05, 0) is 61.4 Å². The van der Waals surface area contributed by atoms with Crippen LogP contribution < -0.4 is 4.90 Å². The minimum atomic E-state index is -4.44. The quantitative estimate of drug-likeness (QED) is 0.612. The molecule has 0 bridgehead atoms. The Hall–Kier alpha value is -2.31. The van der Waals surface area contributed by atoms with Gasteiger partial charge in [-0.15, -0.1) is 12.4 Å². The fraction of sp³-hybridized carbons (Fsp3) is 0.348. The third-order valence-corrected chi connectivity index (χ3v) is 5.75.